The van der Waals surface area contributed by atoms with E-state index in [0.717, 1.165) is 0 Å². The average Bonchev–Trinajstić information content (AvgIpc) is 3.06. The van der Waals surface area contributed by atoms with E-state index in [1.807, 2.05) is 0 Å². The van der Waals surface area contributed by atoms with Crippen molar-refractivity contribution in [3.63, 3.8) is 0 Å². The van der Waals surface area contributed by atoms with E-state index in [0.29, 0.717) is 11.5 Å². The molecule has 0 spiro atoms. The van der Waals surface area contributed by atoms with Crippen LogP contribution in [0.1, 0.15) is 22.0 Å². The van der Waals surface area contributed by atoms with Crippen LogP contribution >= 0.6 is 0 Å². The summed E-state index contributed by atoms with van der Waals surface area (Å²) < 4.78 is 12.3. The number of carbonyl (C=O) groups is 2. The fraction of sp³-hybridized carbons (Fsp3) is 0.455. The topological polar surface area (TPSA) is 114 Å². The molecule has 2 heterocycles. The molecular formula is C11H14N6O4. The Morgan fingerprint density at radius 3 is 2.57 bits per heavy atom. The standard InChI is InChI=1S/C11H14N6O4/c1-16-6-12-13-8(16)5-17-7(4-9(18)20-2)10(14-15-17)11(19)21-3/h6H,4-5H2,1-3H3. The Labute approximate surface area is 119 Å². The lowest BCUT2D eigenvalue weighted by molar-refractivity contribution is -0.139. The van der Waals surface area contributed by atoms with Crippen molar-refractivity contribution in [2.24, 2.45) is 7.05 Å². The lowest BCUT2D eigenvalue weighted by Gasteiger charge is -2.06. The number of ether oxygens (including phenoxy) is 2. The molecule has 0 aliphatic carbocycles. The normalized spacial score (nSPS) is 10.4. The molecule has 0 bridgehead atoms. The van der Waals surface area contributed by atoms with Crippen molar-refractivity contribution in [3.8, 4) is 0 Å². The summed E-state index contributed by atoms with van der Waals surface area (Å²) in [5.41, 5.74) is 0.279. The molecular weight excluding hydrogens is 280 g/mol. The van der Waals surface area contributed by atoms with E-state index in [4.69, 9.17) is 0 Å². The first-order valence-electron chi connectivity index (χ1n) is 5.97. The Balaban J connectivity index is 2.36. The van der Waals surface area contributed by atoms with Crippen LogP contribution in [0.5, 0.6) is 0 Å². The second-order valence-electron chi connectivity index (χ2n) is 4.14. The van der Waals surface area contributed by atoms with E-state index in [1.165, 1.54) is 25.2 Å². The third kappa shape index (κ3) is 3.04. The first-order valence-corrected chi connectivity index (χ1v) is 5.97. The van der Waals surface area contributed by atoms with Crippen LogP contribution in [-0.2, 0) is 34.3 Å². The largest absolute Gasteiger partial charge is 0.469 e. The van der Waals surface area contributed by atoms with Gasteiger partial charge < -0.3 is 14.0 Å². The van der Waals surface area contributed by atoms with Gasteiger partial charge in [0.2, 0.25) is 0 Å². The smallest absolute Gasteiger partial charge is 0.360 e. The molecule has 0 amide bonds. The van der Waals surface area contributed by atoms with Gasteiger partial charge in [-0.15, -0.1) is 15.3 Å². The minimum absolute atomic E-state index is 0.0231. The van der Waals surface area contributed by atoms with E-state index in [9.17, 15) is 9.59 Å². The molecule has 112 valence electrons. The number of esters is 2. The number of aryl methyl sites for hydroxylation is 1. The second kappa shape index (κ2) is 6.11. The number of methoxy groups -OCH3 is 2. The summed E-state index contributed by atoms with van der Waals surface area (Å²) in [6, 6.07) is 0. The van der Waals surface area contributed by atoms with Crippen LogP contribution in [0.2, 0.25) is 0 Å². The molecule has 2 aromatic rings. The molecule has 2 aromatic heterocycles. The predicted octanol–water partition coefficient (Wildman–Crippen LogP) is -1.04. The summed E-state index contributed by atoms with van der Waals surface area (Å²) in [5, 5.41) is 15.3. The highest BCUT2D eigenvalue weighted by Crippen LogP contribution is 2.10. The minimum Gasteiger partial charge on any atom is -0.469 e. The van der Waals surface area contributed by atoms with E-state index >= 15 is 0 Å². The van der Waals surface area contributed by atoms with Crippen LogP contribution < -0.4 is 0 Å². The SMILES string of the molecule is COC(=O)Cc1c(C(=O)OC)nnn1Cc1nncn1C. The molecule has 0 radical (unpaired) electrons. The molecule has 0 aliphatic heterocycles. The van der Waals surface area contributed by atoms with Crippen molar-refractivity contribution in [2.75, 3.05) is 14.2 Å². The summed E-state index contributed by atoms with van der Waals surface area (Å²) >= 11 is 0. The van der Waals surface area contributed by atoms with E-state index in [2.05, 4.69) is 30.0 Å². The van der Waals surface area contributed by atoms with Gasteiger partial charge in [-0.3, -0.25) is 4.79 Å². The zero-order chi connectivity index (χ0) is 15.4. The molecule has 10 nitrogen and oxygen atoms in total. The number of rotatable bonds is 5. The van der Waals surface area contributed by atoms with Gasteiger partial charge >= 0.3 is 11.9 Å². The van der Waals surface area contributed by atoms with Gasteiger partial charge in [-0.1, -0.05) is 5.21 Å². The van der Waals surface area contributed by atoms with Crippen LogP contribution in [0.3, 0.4) is 0 Å². The van der Waals surface area contributed by atoms with E-state index in [1.54, 1.807) is 11.6 Å². The third-order valence-corrected chi connectivity index (χ3v) is 2.85. The van der Waals surface area contributed by atoms with Crippen molar-refractivity contribution < 1.29 is 19.1 Å². The van der Waals surface area contributed by atoms with Crippen molar-refractivity contribution in [1.82, 2.24) is 29.8 Å². The first-order chi connectivity index (χ1) is 10.1. The molecule has 0 saturated heterocycles. The van der Waals surface area contributed by atoms with Crippen molar-refractivity contribution in [2.45, 2.75) is 13.0 Å². The number of hydrogen-bond acceptors (Lipinski definition) is 8. The van der Waals surface area contributed by atoms with Gasteiger partial charge in [-0.05, 0) is 0 Å². The van der Waals surface area contributed by atoms with Gasteiger partial charge in [0, 0.05) is 7.05 Å². The van der Waals surface area contributed by atoms with E-state index in [-0.39, 0.29) is 18.7 Å². The summed E-state index contributed by atoms with van der Waals surface area (Å²) in [4.78, 5) is 23.2. The Hall–Kier alpha value is -2.78. The Morgan fingerprint density at radius 1 is 1.24 bits per heavy atom. The first kappa shape index (κ1) is 14.6. The molecule has 21 heavy (non-hydrogen) atoms. The van der Waals surface area contributed by atoms with Gasteiger partial charge in [-0.2, -0.15) is 0 Å². The van der Waals surface area contributed by atoms with Crippen LogP contribution in [0.15, 0.2) is 6.33 Å². The van der Waals surface area contributed by atoms with Crippen molar-refractivity contribution in [1.29, 1.82) is 0 Å². The number of hydrogen-bond donors (Lipinski definition) is 0. The van der Waals surface area contributed by atoms with Crippen LogP contribution in [0, 0.1) is 0 Å². The predicted molar refractivity (Wildman–Crippen MR) is 67.2 cm³/mol. The number of nitrogens with zero attached hydrogens (tertiary/aromatic N) is 6. The second-order valence-corrected chi connectivity index (χ2v) is 4.14. The molecule has 2 rings (SSSR count). The highest BCUT2D eigenvalue weighted by Gasteiger charge is 2.23. The monoisotopic (exact) mass is 294 g/mol. The van der Waals surface area contributed by atoms with Gasteiger partial charge in [0.05, 0.1) is 26.3 Å². The van der Waals surface area contributed by atoms with Gasteiger partial charge in [0.25, 0.3) is 0 Å². The average molecular weight is 294 g/mol. The molecule has 0 atom stereocenters. The minimum atomic E-state index is -0.668. The Morgan fingerprint density at radius 2 is 2.00 bits per heavy atom. The van der Waals surface area contributed by atoms with Crippen molar-refractivity contribution >= 4 is 11.9 Å². The zero-order valence-electron chi connectivity index (χ0n) is 11.8. The Kier molecular flexibility index (Phi) is 4.26. The van der Waals surface area contributed by atoms with Crippen LogP contribution in [0.4, 0.5) is 0 Å². The van der Waals surface area contributed by atoms with E-state index < -0.39 is 11.9 Å². The third-order valence-electron chi connectivity index (χ3n) is 2.85. The quantitative estimate of drug-likeness (QED) is 0.642. The summed E-state index contributed by atoms with van der Waals surface area (Å²) in [6.45, 7) is 0.215. The maximum absolute atomic E-state index is 11.7. The highest BCUT2D eigenvalue weighted by atomic mass is 16.5. The number of carbonyl (C=O) groups excluding carboxylic acids is 2. The lowest BCUT2D eigenvalue weighted by atomic mass is 10.2. The fourth-order valence-electron chi connectivity index (χ4n) is 1.68. The fourth-order valence-corrected chi connectivity index (χ4v) is 1.68. The molecule has 0 fully saturated rings. The van der Waals surface area contributed by atoms with Crippen LogP contribution in [0.25, 0.3) is 0 Å². The maximum Gasteiger partial charge on any atom is 0.360 e. The van der Waals surface area contributed by atoms with Gasteiger partial charge in [-0.25, -0.2) is 9.48 Å². The summed E-state index contributed by atoms with van der Waals surface area (Å²) in [5.74, 6) is -0.581. The molecule has 0 unspecified atom stereocenters. The van der Waals surface area contributed by atoms with Gasteiger partial charge in [0.15, 0.2) is 11.5 Å². The highest BCUT2D eigenvalue weighted by molar-refractivity contribution is 5.89. The van der Waals surface area contributed by atoms with Crippen LogP contribution in [-0.4, -0.2) is 55.9 Å². The number of aromatic nitrogens is 6. The summed E-state index contributed by atoms with van der Waals surface area (Å²) in [7, 11) is 4.26. The Bertz CT molecular complexity index is 661. The molecule has 0 aromatic carbocycles. The van der Waals surface area contributed by atoms with Gasteiger partial charge in [0.1, 0.15) is 12.9 Å². The lowest BCUT2D eigenvalue weighted by Crippen LogP contribution is -2.17. The summed E-state index contributed by atoms with van der Waals surface area (Å²) in [6.07, 6.45) is 1.39. The maximum atomic E-state index is 11.7. The molecule has 0 aliphatic rings. The van der Waals surface area contributed by atoms with Crippen molar-refractivity contribution in [3.05, 3.63) is 23.5 Å². The molecule has 10 heteroatoms. The zero-order valence-corrected chi connectivity index (χ0v) is 11.8. The molecule has 0 N–H and O–H groups in total. The molecule has 0 saturated carbocycles.